The lowest BCUT2D eigenvalue weighted by Crippen LogP contribution is -2.36. The van der Waals surface area contributed by atoms with Crippen molar-refractivity contribution in [2.45, 2.75) is 19.4 Å². The third kappa shape index (κ3) is 4.00. The monoisotopic (exact) mass is 255 g/mol. The van der Waals surface area contributed by atoms with Crippen LogP contribution in [0.2, 0.25) is 0 Å². The van der Waals surface area contributed by atoms with Crippen LogP contribution in [0.3, 0.4) is 0 Å². The van der Waals surface area contributed by atoms with Crippen molar-refractivity contribution in [2.75, 3.05) is 20.8 Å². The predicted octanol–water partition coefficient (Wildman–Crippen LogP) is 1.66. The van der Waals surface area contributed by atoms with Gasteiger partial charge in [-0.2, -0.15) is 0 Å². The second-order valence-electron chi connectivity index (χ2n) is 3.91. The van der Waals surface area contributed by atoms with Crippen LogP contribution in [0.15, 0.2) is 18.2 Å². The molecule has 1 aromatic rings. The smallest absolute Gasteiger partial charge is 0.322 e. The van der Waals surface area contributed by atoms with Gasteiger partial charge >= 0.3 is 5.97 Å². The van der Waals surface area contributed by atoms with Crippen molar-refractivity contribution >= 4 is 5.97 Å². The number of ether oxygens (including phenoxy) is 2. The van der Waals surface area contributed by atoms with Crippen molar-refractivity contribution in [1.82, 2.24) is 5.32 Å². The lowest BCUT2D eigenvalue weighted by atomic mass is 10.2. The highest BCUT2D eigenvalue weighted by Gasteiger charge is 2.16. The molecular weight excluding hydrogens is 237 g/mol. The molecule has 0 saturated heterocycles. The Morgan fingerprint density at radius 2 is 2.22 bits per heavy atom. The van der Waals surface area contributed by atoms with E-state index >= 15 is 0 Å². The molecule has 18 heavy (non-hydrogen) atoms. The van der Waals surface area contributed by atoms with E-state index in [9.17, 15) is 9.18 Å². The number of carbonyl (C=O) groups is 1. The summed E-state index contributed by atoms with van der Waals surface area (Å²) in [5.74, 6) is -0.180. The summed E-state index contributed by atoms with van der Waals surface area (Å²) in [6, 6.07) is 3.96. The molecule has 0 heterocycles. The molecule has 1 unspecified atom stereocenters. The summed E-state index contributed by atoms with van der Waals surface area (Å²) in [6.07, 6.45) is 0.457. The van der Waals surface area contributed by atoms with Crippen LogP contribution >= 0.6 is 0 Å². The molecule has 0 aliphatic rings. The predicted molar refractivity (Wildman–Crippen MR) is 66.1 cm³/mol. The zero-order valence-corrected chi connectivity index (χ0v) is 10.8. The van der Waals surface area contributed by atoms with Gasteiger partial charge in [-0.3, -0.25) is 4.79 Å². The van der Waals surface area contributed by atoms with Crippen molar-refractivity contribution in [1.29, 1.82) is 0 Å². The van der Waals surface area contributed by atoms with Gasteiger partial charge in [0.05, 0.1) is 13.7 Å². The standard InChI is InChI=1S/C13H18FNO3/c1-9-4-5-10(14)8-12(9)18-7-6-11(15-2)13(16)17-3/h4-5,8,11,15H,6-7H2,1-3H3. The first-order chi connectivity index (χ1) is 8.58. The van der Waals surface area contributed by atoms with Crippen LogP contribution in [-0.2, 0) is 9.53 Å². The molecule has 0 bridgehead atoms. The molecule has 0 aromatic heterocycles. The van der Waals surface area contributed by atoms with Crippen LogP contribution in [-0.4, -0.2) is 32.8 Å². The molecule has 0 fully saturated rings. The molecule has 1 atom stereocenters. The number of benzene rings is 1. The van der Waals surface area contributed by atoms with Crippen LogP contribution in [0.25, 0.3) is 0 Å². The molecule has 1 rings (SSSR count). The summed E-state index contributed by atoms with van der Waals surface area (Å²) in [5, 5.41) is 2.84. The van der Waals surface area contributed by atoms with Crippen molar-refractivity contribution in [2.24, 2.45) is 0 Å². The van der Waals surface area contributed by atoms with E-state index < -0.39 is 6.04 Å². The number of carbonyl (C=O) groups excluding carboxylic acids is 1. The van der Waals surface area contributed by atoms with Crippen molar-refractivity contribution in [3.05, 3.63) is 29.6 Å². The molecule has 0 spiro atoms. The Hall–Kier alpha value is -1.62. The summed E-state index contributed by atoms with van der Waals surface area (Å²) in [5.41, 5.74) is 0.857. The molecule has 100 valence electrons. The van der Waals surface area contributed by atoms with Gasteiger partial charge in [0.2, 0.25) is 0 Å². The Kier molecular flexibility index (Phi) is 5.58. The molecular formula is C13H18FNO3. The average Bonchev–Trinajstić information content (AvgIpc) is 2.37. The van der Waals surface area contributed by atoms with Crippen LogP contribution in [0.5, 0.6) is 5.75 Å². The number of aryl methyl sites for hydroxylation is 1. The molecule has 1 aromatic carbocycles. The number of nitrogens with one attached hydrogen (secondary N) is 1. The summed E-state index contributed by atoms with van der Waals surface area (Å²) >= 11 is 0. The minimum Gasteiger partial charge on any atom is -0.493 e. The number of esters is 1. The highest BCUT2D eigenvalue weighted by molar-refractivity contribution is 5.75. The molecule has 0 saturated carbocycles. The Morgan fingerprint density at radius 1 is 1.50 bits per heavy atom. The van der Waals surface area contributed by atoms with Crippen molar-refractivity contribution in [3.8, 4) is 5.75 Å². The lowest BCUT2D eigenvalue weighted by molar-refractivity contribution is -0.143. The first-order valence-electron chi connectivity index (χ1n) is 5.72. The molecule has 0 aliphatic carbocycles. The fourth-order valence-electron chi connectivity index (χ4n) is 1.54. The van der Waals surface area contributed by atoms with E-state index in [2.05, 4.69) is 10.1 Å². The Labute approximate surface area is 106 Å². The molecule has 5 heteroatoms. The van der Waals surface area contributed by atoms with Crippen LogP contribution in [0.4, 0.5) is 4.39 Å². The summed E-state index contributed by atoms with van der Waals surface area (Å²) in [7, 11) is 3.01. The highest BCUT2D eigenvalue weighted by atomic mass is 19.1. The van der Waals surface area contributed by atoms with Gasteiger partial charge in [-0.1, -0.05) is 6.07 Å². The average molecular weight is 255 g/mol. The van der Waals surface area contributed by atoms with E-state index in [1.807, 2.05) is 6.92 Å². The summed E-state index contributed by atoms with van der Waals surface area (Å²) < 4.78 is 23.1. The van der Waals surface area contributed by atoms with Gasteiger partial charge in [-0.15, -0.1) is 0 Å². The van der Waals surface area contributed by atoms with E-state index in [1.54, 1.807) is 13.1 Å². The maximum atomic E-state index is 13.0. The van der Waals surface area contributed by atoms with Crippen molar-refractivity contribution < 1.29 is 18.7 Å². The van der Waals surface area contributed by atoms with Crippen LogP contribution < -0.4 is 10.1 Å². The molecule has 0 radical (unpaired) electrons. The first-order valence-corrected chi connectivity index (χ1v) is 5.72. The largest absolute Gasteiger partial charge is 0.493 e. The van der Waals surface area contributed by atoms with Gasteiger partial charge < -0.3 is 14.8 Å². The number of hydrogen-bond acceptors (Lipinski definition) is 4. The SMILES string of the molecule is CNC(CCOc1cc(F)ccc1C)C(=O)OC. The number of methoxy groups -OCH3 is 1. The zero-order chi connectivity index (χ0) is 13.5. The normalized spacial score (nSPS) is 12.0. The van der Waals surface area contributed by atoms with Gasteiger partial charge in [0.15, 0.2) is 0 Å². The molecule has 1 N–H and O–H groups in total. The summed E-state index contributed by atoms with van der Waals surface area (Å²) in [4.78, 5) is 11.3. The number of rotatable bonds is 6. The summed E-state index contributed by atoms with van der Waals surface area (Å²) in [6.45, 7) is 2.15. The first kappa shape index (κ1) is 14.4. The Morgan fingerprint density at radius 3 is 2.83 bits per heavy atom. The van der Waals surface area contributed by atoms with Crippen LogP contribution in [0, 0.1) is 12.7 Å². The van der Waals surface area contributed by atoms with E-state index in [0.717, 1.165) is 5.56 Å². The van der Waals surface area contributed by atoms with Gasteiger partial charge in [-0.25, -0.2) is 4.39 Å². The minimum absolute atomic E-state index is 0.310. The second kappa shape index (κ2) is 6.96. The van der Waals surface area contributed by atoms with Gasteiger partial charge in [0.1, 0.15) is 17.6 Å². The van der Waals surface area contributed by atoms with Gasteiger partial charge in [0.25, 0.3) is 0 Å². The number of hydrogen-bond donors (Lipinski definition) is 1. The minimum atomic E-state index is -0.413. The zero-order valence-electron chi connectivity index (χ0n) is 10.8. The Balaban J connectivity index is 2.50. The third-order valence-corrected chi connectivity index (χ3v) is 2.65. The van der Waals surface area contributed by atoms with Gasteiger partial charge in [0, 0.05) is 12.5 Å². The lowest BCUT2D eigenvalue weighted by Gasteiger charge is -2.14. The van der Waals surface area contributed by atoms with E-state index in [4.69, 9.17) is 4.74 Å². The maximum Gasteiger partial charge on any atom is 0.322 e. The topological polar surface area (TPSA) is 47.6 Å². The Bertz CT molecular complexity index is 409. The van der Waals surface area contributed by atoms with Crippen LogP contribution in [0.1, 0.15) is 12.0 Å². The van der Waals surface area contributed by atoms with E-state index in [-0.39, 0.29) is 11.8 Å². The van der Waals surface area contributed by atoms with E-state index in [0.29, 0.717) is 18.8 Å². The highest BCUT2D eigenvalue weighted by Crippen LogP contribution is 2.18. The molecule has 0 amide bonds. The fourth-order valence-corrected chi connectivity index (χ4v) is 1.54. The van der Waals surface area contributed by atoms with Gasteiger partial charge in [-0.05, 0) is 25.6 Å². The third-order valence-electron chi connectivity index (χ3n) is 2.65. The molecule has 4 nitrogen and oxygen atoms in total. The fraction of sp³-hybridized carbons (Fsp3) is 0.462. The van der Waals surface area contributed by atoms with E-state index in [1.165, 1.54) is 19.2 Å². The maximum absolute atomic E-state index is 13.0. The van der Waals surface area contributed by atoms with Crippen molar-refractivity contribution in [3.63, 3.8) is 0 Å². The number of likely N-dealkylation sites (N-methyl/N-ethyl adjacent to an activating group) is 1. The number of halogens is 1. The quantitative estimate of drug-likeness (QED) is 0.785. The molecule has 0 aliphatic heterocycles. The second-order valence-corrected chi connectivity index (χ2v) is 3.91.